The molecule has 2 aromatic rings. The fourth-order valence-electron chi connectivity index (χ4n) is 4.07. The molecular formula is C23H28N4O4S. The van der Waals surface area contributed by atoms with Gasteiger partial charge in [-0.15, -0.1) is 0 Å². The maximum atomic E-state index is 12.9. The van der Waals surface area contributed by atoms with Crippen molar-refractivity contribution in [3.05, 3.63) is 63.2 Å². The van der Waals surface area contributed by atoms with Gasteiger partial charge in [-0.3, -0.25) is 19.8 Å². The Bertz CT molecular complexity index is 988. The van der Waals surface area contributed by atoms with Crippen LogP contribution < -0.4 is 10.2 Å². The average molecular weight is 457 g/mol. The summed E-state index contributed by atoms with van der Waals surface area (Å²) < 4.78 is 5.34. The van der Waals surface area contributed by atoms with Crippen LogP contribution in [0.15, 0.2) is 36.4 Å². The molecule has 0 aliphatic carbocycles. The number of hydrogen-bond acceptors (Lipinski definition) is 7. The number of rotatable bonds is 6. The van der Waals surface area contributed by atoms with Gasteiger partial charge in [0, 0.05) is 61.5 Å². The number of nitrogens with one attached hydrogen (secondary N) is 1. The Labute approximate surface area is 192 Å². The summed E-state index contributed by atoms with van der Waals surface area (Å²) in [7, 11) is 0. The van der Waals surface area contributed by atoms with Crippen molar-refractivity contribution in [3.8, 4) is 0 Å². The van der Waals surface area contributed by atoms with Crippen LogP contribution in [0, 0.1) is 17.0 Å². The predicted octanol–water partition coefficient (Wildman–Crippen LogP) is 3.54. The zero-order chi connectivity index (χ0) is 22.5. The first-order valence-corrected chi connectivity index (χ1v) is 12.0. The van der Waals surface area contributed by atoms with Gasteiger partial charge in [-0.2, -0.15) is 11.8 Å². The minimum absolute atomic E-state index is 0.0620. The summed E-state index contributed by atoms with van der Waals surface area (Å²) in [6.07, 6.45) is 0. The summed E-state index contributed by atoms with van der Waals surface area (Å²) in [5.41, 5.74) is 3.67. The lowest BCUT2D eigenvalue weighted by atomic mass is 10.1. The van der Waals surface area contributed by atoms with Gasteiger partial charge in [0.25, 0.3) is 11.6 Å². The Morgan fingerprint density at radius 3 is 2.62 bits per heavy atom. The molecule has 2 fully saturated rings. The summed E-state index contributed by atoms with van der Waals surface area (Å²) in [4.78, 5) is 28.6. The number of benzene rings is 2. The molecule has 0 spiro atoms. The summed E-state index contributed by atoms with van der Waals surface area (Å²) in [5.74, 6) is 1.94. The highest BCUT2D eigenvalue weighted by molar-refractivity contribution is 7.99. The van der Waals surface area contributed by atoms with E-state index in [0.717, 1.165) is 42.4 Å². The quantitative estimate of drug-likeness (QED) is 0.525. The standard InChI is InChI=1S/C23H28N4O4S/c1-17-19(16-25-9-13-32-14-10-25)3-2-4-20(17)24-23(28)18-5-6-21(22(15-18)27(29)30)26-7-11-31-12-8-26/h2-6,15H,7-14,16H2,1H3,(H,24,28). The van der Waals surface area contributed by atoms with Crippen LogP contribution >= 0.6 is 11.8 Å². The van der Waals surface area contributed by atoms with E-state index >= 15 is 0 Å². The smallest absolute Gasteiger partial charge is 0.293 e. The van der Waals surface area contributed by atoms with Crippen LogP contribution in [0.25, 0.3) is 0 Å². The van der Waals surface area contributed by atoms with Crippen LogP contribution in [0.4, 0.5) is 17.1 Å². The third-order valence-electron chi connectivity index (χ3n) is 5.98. The maximum absolute atomic E-state index is 12.9. The molecule has 0 aromatic heterocycles. The van der Waals surface area contributed by atoms with E-state index in [1.54, 1.807) is 12.1 Å². The molecule has 1 amide bonds. The number of ether oxygens (including phenoxy) is 1. The van der Waals surface area contributed by atoms with E-state index in [4.69, 9.17) is 4.74 Å². The van der Waals surface area contributed by atoms with Crippen LogP contribution in [0.1, 0.15) is 21.5 Å². The zero-order valence-electron chi connectivity index (χ0n) is 18.2. The molecule has 2 aliphatic rings. The van der Waals surface area contributed by atoms with Crippen LogP contribution in [-0.2, 0) is 11.3 Å². The highest BCUT2D eigenvalue weighted by Gasteiger charge is 2.23. The molecule has 170 valence electrons. The predicted molar refractivity (Wildman–Crippen MR) is 128 cm³/mol. The van der Waals surface area contributed by atoms with Gasteiger partial charge in [-0.25, -0.2) is 0 Å². The molecule has 0 saturated carbocycles. The van der Waals surface area contributed by atoms with E-state index in [9.17, 15) is 14.9 Å². The normalized spacial score (nSPS) is 17.2. The Balaban J connectivity index is 1.51. The molecule has 2 saturated heterocycles. The lowest BCUT2D eigenvalue weighted by Crippen LogP contribution is -2.36. The van der Waals surface area contributed by atoms with E-state index in [0.29, 0.717) is 32.0 Å². The largest absolute Gasteiger partial charge is 0.378 e. The SMILES string of the molecule is Cc1c(CN2CCSCC2)cccc1NC(=O)c1ccc(N2CCOCC2)c([N+](=O)[O-])c1. The number of nitro groups is 1. The number of hydrogen-bond donors (Lipinski definition) is 1. The monoisotopic (exact) mass is 456 g/mol. The van der Waals surface area contributed by atoms with Gasteiger partial charge in [0.1, 0.15) is 5.69 Å². The summed E-state index contributed by atoms with van der Waals surface area (Å²) in [6, 6.07) is 10.6. The van der Waals surface area contributed by atoms with E-state index in [1.165, 1.54) is 11.6 Å². The van der Waals surface area contributed by atoms with Crippen molar-refractivity contribution in [1.82, 2.24) is 4.90 Å². The molecular weight excluding hydrogens is 428 g/mol. The average Bonchev–Trinajstić information content (AvgIpc) is 2.82. The van der Waals surface area contributed by atoms with Gasteiger partial charge in [0.2, 0.25) is 0 Å². The molecule has 0 unspecified atom stereocenters. The van der Waals surface area contributed by atoms with Crippen molar-refractivity contribution >= 4 is 34.7 Å². The second-order valence-electron chi connectivity index (χ2n) is 7.99. The molecule has 0 radical (unpaired) electrons. The minimum Gasteiger partial charge on any atom is -0.378 e. The first-order chi connectivity index (χ1) is 15.5. The summed E-state index contributed by atoms with van der Waals surface area (Å²) >= 11 is 1.98. The lowest BCUT2D eigenvalue weighted by Gasteiger charge is -2.28. The highest BCUT2D eigenvalue weighted by atomic mass is 32.2. The van der Waals surface area contributed by atoms with Crippen molar-refractivity contribution in [2.45, 2.75) is 13.5 Å². The van der Waals surface area contributed by atoms with Gasteiger partial charge in [0.05, 0.1) is 18.1 Å². The van der Waals surface area contributed by atoms with Crippen LogP contribution in [0.3, 0.4) is 0 Å². The molecule has 2 aromatic carbocycles. The summed E-state index contributed by atoms with van der Waals surface area (Å²) in [6.45, 7) is 7.25. The van der Waals surface area contributed by atoms with Gasteiger partial charge >= 0.3 is 0 Å². The van der Waals surface area contributed by atoms with E-state index in [1.807, 2.05) is 35.7 Å². The second-order valence-corrected chi connectivity index (χ2v) is 9.22. The number of morpholine rings is 1. The number of nitrogens with zero attached hydrogens (tertiary/aromatic N) is 3. The number of carbonyl (C=O) groups excluding carboxylic acids is 1. The van der Waals surface area contributed by atoms with Crippen molar-refractivity contribution in [2.75, 3.05) is 61.1 Å². The topological polar surface area (TPSA) is 88.0 Å². The third-order valence-corrected chi connectivity index (χ3v) is 6.92. The Morgan fingerprint density at radius 1 is 1.16 bits per heavy atom. The molecule has 8 nitrogen and oxygen atoms in total. The van der Waals surface area contributed by atoms with Gasteiger partial charge < -0.3 is 15.0 Å². The molecule has 0 bridgehead atoms. The second kappa shape index (κ2) is 10.3. The van der Waals surface area contributed by atoms with Gasteiger partial charge in [-0.1, -0.05) is 12.1 Å². The Morgan fingerprint density at radius 2 is 1.91 bits per heavy atom. The maximum Gasteiger partial charge on any atom is 0.293 e. The van der Waals surface area contributed by atoms with Crippen LogP contribution in [-0.4, -0.2) is 66.6 Å². The molecule has 4 rings (SSSR count). The lowest BCUT2D eigenvalue weighted by molar-refractivity contribution is -0.384. The molecule has 0 atom stereocenters. The number of carbonyl (C=O) groups is 1. The number of nitro benzene ring substituents is 1. The minimum atomic E-state index is -0.426. The Hall–Kier alpha value is -2.62. The Kier molecular flexibility index (Phi) is 7.29. The highest BCUT2D eigenvalue weighted by Crippen LogP contribution is 2.30. The van der Waals surface area contributed by atoms with Crippen LogP contribution in [0.2, 0.25) is 0 Å². The van der Waals surface area contributed by atoms with Crippen molar-refractivity contribution < 1.29 is 14.5 Å². The number of amides is 1. The van der Waals surface area contributed by atoms with E-state index in [2.05, 4.69) is 16.3 Å². The van der Waals surface area contributed by atoms with Crippen molar-refractivity contribution in [2.24, 2.45) is 0 Å². The fourth-order valence-corrected chi connectivity index (χ4v) is 5.05. The first-order valence-electron chi connectivity index (χ1n) is 10.8. The van der Waals surface area contributed by atoms with Gasteiger partial charge in [-0.05, 0) is 36.2 Å². The first kappa shape index (κ1) is 22.6. The van der Waals surface area contributed by atoms with Gasteiger partial charge in [0.15, 0.2) is 0 Å². The fraction of sp³-hybridized carbons (Fsp3) is 0.435. The number of anilines is 2. The molecule has 2 aliphatic heterocycles. The molecule has 2 heterocycles. The summed E-state index contributed by atoms with van der Waals surface area (Å²) in [5, 5.41) is 14.6. The van der Waals surface area contributed by atoms with Crippen LogP contribution in [0.5, 0.6) is 0 Å². The van der Waals surface area contributed by atoms with E-state index in [-0.39, 0.29) is 17.2 Å². The molecule has 1 N–H and O–H groups in total. The number of thioether (sulfide) groups is 1. The zero-order valence-corrected chi connectivity index (χ0v) is 19.0. The molecule has 32 heavy (non-hydrogen) atoms. The van der Waals surface area contributed by atoms with E-state index < -0.39 is 4.92 Å². The van der Waals surface area contributed by atoms with Crippen molar-refractivity contribution in [1.29, 1.82) is 0 Å². The van der Waals surface area contributed by atoms with Crippen molar-refractivity contribution in [3.63, 3.8) is 0 Å². The third kappa shape index (κ3) is 5.23. The molecule has 9 heteroatoms.